The maximum Gasteiger partial charge on any atom is 0.133 e. The summed E-state index contributed by atoms with van der Waals surface area (Å²) in [4.78, 5) is 4.42. The van der Waals surface area contributed by atoms with Gasteiger partial charge in [-0.15, -0.1) is 0 Å². The van der Waals surface area contributed by atoms with Crippen molar-refractivity contribution >= 4 is 16.6 Å². The number of ether oxygens (including phenoxy) is 1. The smallest absolute Gasteiger partial charge is 0.133 e. The minimum Gasteiger partial charge on any atom is -0.497 e. The first-order valence-corrected chi connectivity index (χ1v) is 6.92. The number of aryl methyl sites for hydroxylation is 1. The normalized spacial score (nSPS) is 10.8. The molecule has 0 saturated heterocycles. The lowest BCUT2D eigenvalue weighted by Gasteiger charge is -2.09. The minimum absolute atomic E-state index is 0.777. The van der Waals surface area contributed by atoms with E-state index in [4.69, 9.17) is 4.74 Å². The van der Waals surface area contributed by atoms with Crippen molar-refractivity contribution in [2.75, 3.05) is 19.0 Å². The first-order chi connectivity index (χ1) is 10.3. The van der Waals surface area contributed by atoms with Crippen molar-refractivity contribution in [3.05, 3.63) is 48.4 Å². The molecule has 2 aromatic heterocycles. The van der Waals surface area contributed by atoms with Crippen LogP contribution in [0, 0.1) is 6.92 Å². The van der Waals surface area contributed by atoms with E-state index in [-0.39, 0.29) is 0 Å². The fourth-order valence-corrected chi connectivity index (χ4v) is 2.30. The van der Waals surface area contributed by atoms with Gasteiger partial charge in [0.25, 0.3) is 0 Å². The number of nitrogens with one attached hydrogen (secondary N) is 1. The Hall–Kier alpha value is -2.56. The Bertz CT molecular complexity index is 751. The van der Waals surface area contributed by atoms with E-state index in [0.29, 0.717) is 0 Å². The number of nitrogens with zero attached hydrogens (tertiary/aromatic N) is 3. The summed E-state index contributed by atoms with van der Waals surface area (Å²) in [6.45, 7) is 3.62. The molecule has 108 valence electrons. The summed E-state index contributed by atoms with van der Waals surface area (Å²) in [5, 5.41) is 9.85. The quantitative estimate of drug-likeness (QED) is 0.782. The van der Waals surface area contributed by atoms with Gasteiger partial charge in [0.1, 0.15) is 11.6 Å². The molecular weight excluding hydrogens is 264 g/mol. The molecule has 0 amide bonds. The Kier molecular flexibility index (Phi) is 3.73. The molecule has 0 unspecified atom stereocenters. The summed E-state index contributed by atoms with van der Waals surface area (Å²) >= 11 is 0. The van der Waals surface area contributed by atoms with E-state index >= 15 is 0 Å². The van der Waals surface area contributed by atoms with Crippen molar-refractivity contribution in [3.63, 3.8) is 0 Å². The van der Waals surface area contributed by atoms with E-state index in [1.807, 2.05) is 54.5 Å². The van der Waals surface area contributed by atoms with Gasteiger partial charge >= 0.3 is 0 Å². The number of rotatable bonds is 5. The SMILES string of the molecule is COc1ccc2c(NCCn3cc(C)cn3)nccc2c1. The Balaban J connectivity index is 1.74. The Morgan fingerprint density at radius 2 is 2.19 bits per heavy atom. The second-order valence-corrected chi connectivity index (χ2v) is 4.95. The molecule has 1 aromatic carbocycles. The van der Waals surface area contributed by atoms with Gasteiger partial charge in [-0.25, -0.2) is 4.98 Å². The molecule has 1 N–H and O–H groups in total. The fraction of sp³-hybridized carbons (Fsp3) is 0.250. The lowest BCUT2D eigenvalue weighted by Crippen LogP contribution is -2.11. The summed E-state index contributed by atoms with van der Waals surface area (Å²) in [5.74, 6) is 1.74. The van der Waals surface area contributed by atoms with Crippen LogP contribution >= 0.6 is 0 Å². The van der Waals surface area contributed by atoms with Crippen LogP contribution < -0.4 is 10.1 Å². The molecule has 3 aromatic rings. The van der Waals surface area contributed by atoms with Crippen LogP contribution in [0.3, 0.4) is 0 Å². The van der Waals surface area contributed by atoms with E-state index in [1.54, 1.807) is 7.11 Å². The number of aromatic nitrogens is 3. The predicted octanol–water partition coefficient (Wildman–Crippen LogP) is 2.86. The second kappa shape index (κ2) is 5.83. The van der Waals surface area contributed by atoms with Gasteiger partial charge in [-0.2, -0.15) is 5.10 Å². The summed E-state index contributed by atoms with van der Waals surface area (Å²) in [5.41, 5.74) is 1.17. The van der Waals surface area contributed by atoms with E-state index < -0.39 is 0 Å². The van der Waals surface area contributed by atoms with Gasteiger partial charge in [-0.05, 0) is 42.1 Å². The second-order valence-electron chi connectivity index (χ2n) is 4.95. The van der Waals surface area contributed by atoms with Gasteiger partial charge < -0.3 is 10.1 Å². The van der Waals surface area contributed by atoms with Crippen LogP contribution in [-0.2, 0) is 6.54 Å². The van der Waals surface area contributed by atoms with Crippen LogP contribution in [0.4, 0.5) is 5.82 Å². The number of fused-ring (bicyclic) bond motifs is 1. The molecule has 0 fully saturated rings. The summed E-state index contributed by atoms with van der Waals surface area (Å²) in [6.07, 6.45) is 5.70. The molecular formula is C16H18N4O. The number of pyridine rings is 1. The monoisotopic (exact) mass is 282 g/mol. The van der Waals surface area contributed by atoms with Crippen molar-refractivity contribution in [1.82, 2.24) is 14.8 Å². The van der Waals surface area contributed by atoms with E-state index in [0.717, 1.165) is 35.4 Å². The van der Waals surface area contributed by atoms with Gasteiger partial charge in [0, 0.05) is 24.3 Å². The molecule has 0 bridgehead atoms. The molecule has 2 heterocycles. The van der Waals surface area contributed by atoms with Gasteiger partial charge in [0.05, 0.1) is 19.9 Å². The molecule has 0 atom stereocenters. The summed E-state index contributed by atoms with van der Waals surface area (Å²) < 4.78 is 7.18. The van der Waals surface area contributed by atoms with Crippen molar-refractivity contribution in [3.8, 4) is 5.75 Å². The number of benzene rings is 1. The number of anilines is 1. The highest BCUT2D eigenvalue weighted by Gasteiger charge is 2.03. The third-order valence-electron chi connectivity index (χ3n) is 3.37. The molecule has 0 aliphatic rings. The molecule has 0 spiro atoms. The van der Waals surface area contributed by atoms with Crippen molar-refractivity contribution in [2.24, 2.45) is 0 Å². The third kappa shape index (κ3) is 2.97. The Morgan fingerprint density at radius 1 is 1.29 bits per heavy atom. The zero-order valence-electron chi connectivity index (χ0n) is 12.2. The van der Waals surface area contributed by atoms with Gasteiger partial charge in [0.15, 0.2) is 0 Å². The minimum atomic E-state index is 0.777. The standard InChI is InChI=1S/C16H18N4O/c1-12-10-19-20(11-12)8-7-18-16-15-4-3-14(21-2)9-13(15)5-6-17-16/h3-6,9-11H,7-8H2,1-2H3,(H,17,18). The first kappa shape index (κ1) is 13.4. The fourth-order valence-electron chi connectivity index (χ4n) is 2.30. The topological polar surface area (TPSA) is 52.0 Å². The zero-order valence-corrected chi connectivity index (χ0v) is 12.2. The maximum absolute atomic E-state index is 5.25. The molecule has 0 radical (unpaired) electrons. The maximum atomic E-state index is 5.25. The summed E-state index contributed by atoms with van der Waals surface area (Å²) in [6, 6.07) is 7.98. The summed E-state index contributed by atoms with van der Waals surface area (Å²) in [7, 11) is 1.67. The average Bonchev–Trinajstić information content (AvgIpc) is 2.92. The number of hydrogen-bond acceptors (Lipinski definition) is 4. The van der Waals surface area contributed by atoms with Crippen LogP contribution in [0.25, 0.3) is 10.8 Å². The van der Waals surface area contributed by atoms with Crippen LogP contribution in [0.5, 0.6) is 5.75 Å². The predicted molar refractivity (Wildman–Crippen MR) is 83.7 cm³/mol. The van der Waals surface area contributed by atoms with Crippen LogP contribution in [-0.4, -0.2) is 28.4 Å². The molecule has 21 heavy (non-hydrogen) atoms. The molecule has 0 saturated carbocycles. The highest BCUT2D eigenvalue weighted by molar-refractivity contribution is 5.92. The molecule has 5 nitrogen and oxygen atoms in total. The van der Waals surface area contributed by atoms with Gasteiger partial charge in [-0.3, -0.25) is 4.68 Å². The zero-order chi connectivity index (χ0) is 14.7. The number of methoxy groups -OCH3 is 1. The van der Waals surface area contributed by atoms with Crippen LogP contribution in [0.15, 0.2) is 42.9 Å². The van der Waals surface area contributed by atoms with Crippen molar-refractivity contribution in [1.29, 1.82) is 0 Å². The van der Waals surface area contributed by atoms with Gasteiger partial charge in [0.2, 0.25) is 0 Å². The highest BCUT2D eigenvalue weighted by Crippen LogP contribution is 2.25. The van der Waals surface area contributed by atoms with Gasteiger partial charge in [-0.1, -0.05) is 0 Å². The third-order valence-corrected chi connectivity index (χ3v) is 3.37. The number of hydrogen-bond donors (Lipinski definition) is 1. The molecule has 5 heteroatoms. The van der Waals surface area contributed by atoms with Crippen LogP contribution in [0.2, 0.25) is 0 Å². The average molecular weight is 282 g/mol. The largest absolute Gasteiger partial charge is 0.497 e. The highest BCUT2D eigenvalue weighted by atomic mass is 16.5. The van der Waals surface area contributed by atoms with Crippen LogP contribution in [0.1, 0.15) is 5.56 Å². The van der Waals surface area contributed by atoms with E-state index in [1.165, 1.54) is 5.56 Å². The Labute approximate surface area is 123 Å². The van der Waals surface area contributed by atoms with Crippen molar-refractivity contribution in [2.45, 2.75) is 13.5 Å². The first-order valence-electron chi connectivity index (χ1n) is 6.92. The molecule has 3 rings (SSSR count). The molecule has 0 aliphatic heterocycles. The van der Waals surface area contributed by atoms with Crippen molar-refractivity contribution < 1.29 is 4.74 Å². The van der Waals surface area contributed by atoms with E-state index in [2.05, 4.69) is 15.4 Å². The molecule has 0 aliphatic carbocycles. The van der Waals surface area contributed by atoms with E-state index in [9.17, 15) is 0 Å². The Morgan fingerprint density at radius 3 is 2.95 bits per heavy atom. The lowest BCUT2D eigenvalue weighted by atomic mass is 10.1. The lowest BCUT2D eigenvalue weighted by molar-refractivity contribution is 0.415.